The van der Waals surface area contributed by atoms with Gasteiger partial charge in [0.1, 0.15) is 0 Å². The molecule has 0 spiro atoms. The summed E-state index contributed by atoms with van der Waals surface area (Å²) in [6.07, 6.45) is 0. The predicted molar refractivity (Wildman–Crippen MR) is 161 cm³/mol. The summed E-state index contributed by atoms with van der Waals surface area (Å²) < 4.78 is 4.80. The maximum atomic E-state index is 2.41. The fraction of sp³-hybridized carbons (Fsp3) is 0. The van der Waals surface area contributed by atoms with Crippen LogP contribution in [0.5, 0.6) is 0 Å². The molecular formula is C36H24N2. The van der Waals surface area contributed by atoms with Gasteiger partial charge in [-0.3, -0.25) is 0 Å². The fourth-order valence-electron chi connectivity index (χ4n) is 6.00. The zero-order valence-electron chi connectivity index (χ0n) is 20.8. The summed E-state index contributed by atoms with van der Waals surface area (Å²) in [7, 11) is 0. The molecule has 2 heterocycles. The predicted octanol–water partition coefficient (Wildman–Crippen LogP) is 9.55. The lowest BCUT2D eigenvalue weighted by Crippen LogP contribution is -1.95. The van der Waals surface area contributed by atoms with Gasteiger partial charge in [-0.15, -0.1) is 0 Å². The highest BCUT2D eigenvalue weighted by Crippen LogP contribution is 2.40. The van der Waals surface area contributed by atoms with Gasteiger partial charge in [0, 0.05) is 32.9 Å². The number of benzene rings is 6. The van der Waals surface area contributed by atoms with Crippen LogP contribution in [0.25, 0.3) is 66.1 Å². The maximum Gasteiger partial charge on any atom is 0.0562 e. The molecule has 0 aliphatic heterocycles. The van der Waals surface area contributed by atoms with Crippen molar-refractivity contribution in [2.24, 2.45) is 0 Å². The van der Waals surface area contributed by atoms with Crippen molar-refractivity contribution < 1.29 is 0 Å². The van der Waals surface area contributed by atoms with Crippen LogP contribution in [0.3, 0.4) is 0 Å². The Bertz CT molecular complexity index is 2100. The van der Waals surface area contributed by atoms with Crippen molar-refractivity contribution in [3.8, 4) is 22.5 Å². The molecular weight excluding hydrogens is 460 g/mol. The number of aromatic nitrogens is 2. The molecule has 178 valence electrons. The third kappa shape index (κ3) is 3.07. The van der Waals surface area contributed by atoms with Gasteiger partial charge in [-0.05, 0) is 65.7 Å². The SMILES string of the molecule is c1ccc(-c2ccc3c(c2)c2cc4c5ccccc5n(-c5ccccc5)c4cc2n3-c2ccccc2)cc1. The van der Waals surface area contributed by atoms with Crippen molar-refractivity contribution in [2.75, 3.05) is 0 Å². The molecule has 0 saturated heterocycles. The molecule has 0 fully saturated rings. The van der Waals surface area contributed by atoms with Crippen LogP contribution in [0.1, 0.15) is 0 Å². The molecule has 2 nitrogen and oxygen atoms in total. The lowest BCUT2D eigenvalue weighted by atomic mass is 10.0. The van der Waals surface area contributed by atoms with E-state index in [1.807, 2.05) is 0 Å². The van der Waals surface area contributed by atoms with Crippen molar-refractivity contribution in [1.29, 1.82) is 0 Å². The number of hydrogen-bond acceptors (Lipinski definition) is 0. The first-order chi connectivity index (χ1) is 18.9. The first-order valence-electron chi connectivity index (χ1n) is 13.0. The van der Waals surface area contributed by atoms with Crippen LogP contribution in [0.4, 0.5) is 0 Å². The number of fused-ring (bicyclic) bond motifs is 6. The van der Waals surface area contributed by atoms with Gasteiger partial charge in [0.15, 0.2) is 0 Å². The summed E-state index contributed by atoms with van der Waals surface area (Å²) >= 11 is 0. The van der Waals surface area contributed by atoms with Gasteiger partial charge in [-0.2, -0.15) is 0 Å². The molecule has 2 aromatic heterocycles. The number of hydrogen-bond donors (Lipinski definition) is 0. The van der Waals surface area contributed by atoms with Crippen LogP contribution in [-0.4, -0.2) is 9.13 Å². The Morgan fingerprint density at radius 3 is 1.45 bits per heavy atom. The molecule has 0 N–H and O–H groups in total. The standard InChI is InChI=1S/C36H24N2/c1-4-12-25(13-5-1)26-20-21-34-30(22-26)32-23-31-29-18-10-11-19-33(29)37(27-14-6-2-7-15-27)35(31)24-36(32)38(34)28-16-8-3-9-17-28/h1-24H. The number of para-hydroxylation sites is 3. The largest absolute Gasteiger partial charge is 0.309 e. The van der Waals surface area contributed by atoms with Crippen molar-refractivity contribution in [2.45, 2.75) is 0 Å². The molecule has 0 aliphatic carbocycles. The van der Waals surface area contributed by atoms with Gasteiger partial charge < -0.3 is 9.13 Å². The molecule has 38 heavy (non-hydrogen) atoms. The Morgan fingerprint density at radius 2 is 0.789 bits per heavy atom. The van der Waals surface area contributed by atoms with E-state index >= 15 is 0 Å². The van der Waals surface area contributed by atoms with Gasteiger partial charge in [-0.1, -0.05) is 91.0 Å². The summed E-state index contributed by atoms with van der Waals surface area (Å²) in [5.74, 6) is 0. The number of rotatable bonds is 3. The van der Waals surface area contributed by atoms with Crippen LogP contribution in [0.2, 0.25) is 0 Å². The lowest BCUT2D eigenvalue weighted by Gasteiger charge is -2.10. The van der Waals surface area contributed by atoms with E-state index in [9.17, 15) is 0 Å². The Morgan fingerprint density at radius 1 is 0.289 bits per heavy atom. The minimum atomic E-state index is 1.17. The zero-order valence-corrected chi connectivity index (χ0v) is 20.8. The summed E-state index contributed by atoms with van der Waals surface area (Å²) in [6.45, 7) is 0. The van der Waals surface area contributed by atoms with Gasteiger partial charge in [0.2, 0.25) is 0 Å². The maximum absolute atomic E-state index is 2.41. The lowest BCUT2D eigenvalue weighted by molar-refractivity contribution is 1.16. The highest BCUT2D eigenvalue weighted by Gasteiger charge is 2.18. The van der Waals surface area contributed by atoms with Crippen LogP contribution in [-0.2, 0) is 0 Å². The summed E-state index contributed by atoms with van der Waals surface area (Å²) in [5.41, 5.74) is 9.68. The first kappa shape index (κ1) is 21.0. The van der Waals surface area contributed by atoms with E-state index in [0.717, 1.165) is 0 Å². The Balaban J connectivity index is 1.54. The molecule has 8 rings (SSSR count). The van der Waals surface area contributed by atoms with Crippen LogP contribution in [0.15, 0.2) is 146 Å². The van der Waals surface area contributed by atoms with Crippen molar-refractivity contribution in [3.63, 3.8) is 0 Å². The Hall–Kier alpha value is -5.08. The van der Waals surface area contributed by atoms with Crippen LogP contribution < -0.4 is 0 Å². The molecule has 0 amide bonds. The molecule has 0 radical (unpaired) electrons. The van der Waals surface area contributed by atoms with E-state index in [1.165, 1.54) is 66.1 Å². The third-order valence-electron chi connectivity index (χ3n) is 7.69. The molecule has 0 unspecified atom stereocenters. The molecule has 6 aromatic carbocycles. The highest BCUT2D eigenvalue weighted by atomic mass is 15.0. The van der Waals surface area contributed by atoms with E-state index in [-0.39, 0.29) is 0 Å². The second kappa shape index (κ2) is 8.22. The monoisotopic (exact) mass is 484 g/mol. The molecule has 0 atom stereocenters. The minimum absolute atomic E-state index is 1.17. The third-order valence-corrected chi connectivity index (χ3v) is 7.69. The highest BCUT2D eigenvalue weighted by molar-refractivity contribution is 6.19. The summed E-state index contributed by atoms with van der Waals surface area (Å²) in [4.78, 5) is 0. The van der Waals surface area contributed by atoms with E-state index in [4.69, 9.17) is 0 Å². The first-order valence-corrected chi connectivity index (χ1v) is 13.0. The molecule has 0 aliphatic rings. The van der Waals surface area contributed by atoms with E-state index < -0.39 is 0 Å². The quantitative estimate of drug-likeness (QED) is 0.236. The Kier molecular flexibility index (Phi) is 4.55. The van der Waals surface area contributed by atoms with Crippen LogP contribution >= 0.6 is 0 Å². The topological polar surface area (TPSA) is 9.86 Å². The number of nitrogens with zero attached hydrogens (tertiary/aromatic N) is 2. The van der Waals surface area contributed by atoms with Gasteiger partial charge in [-0.25, -0.2) is 0 Å². The van der Waals surface area contributed by atoms with E-state index in [0.29, 0.717) is 0 Å². The van der Waals surface area contributed by atoms with Crippen molar-refractivity contribution >= 4 is 43.6 Å². The van der Waals surface area contributed by atoms with Gasteiger partial charge in [0.05, 0.1) is 22.1 Å². The van der Waals surface area contributed by atoms with Gasteiger partial charge >= 0.3 is 0 Å². The second-order valence-electron chi connectivity index (χ2n) is 9.84. The van der Waals surface area contributed by atoms with Crippen molar-refractivity contribution in [3.05, 3.63) is 146 Å². The van der Waals surface area contributed by atoms with Crippen molar-refractivity contribution in [1.82, 2.24) is 9.13 Å². The fourth-order valence-corrected chi connectivity index (χ4v) is 6.00. The normalized spacial score (nSPS) is 11.7. The summed E-state index contributed by atoms with van der Waals surface area (Å²) in [5, 5.41) is 5.08. The molecule has 2 heteroatoms. The molecule has 8 aromatic rings. The van der Waals surface area contributed by atoms with Gasteiger partial charge in [0.25, 0.3) is 0 Å². The summed E-state index contributed by atoms with van der Waals surface area (Å²) in [6, 6.07) is 52.4. The van der Waals surface area contributed by atoms with E-state index in [2.05, 4.69) is 155 Å². The Labute approximate surface area is 220 Å². The average Bonchev–Trinajstić information content (AvgIpc) is 3.49. The smallest absolute Gasteiger partial charge is 0.0562 e. The second-order valence-corrected chi connectivity index (χ2v) is 9.84. The molecule has 0 bridgehead atoms. The van der Waals surface area contributed by atoms with E-state index in [1.54, 1.807) is 0 Å². The zero-order chi connectivity index (χ0) is 25.1. The van der Waals surface area contributed by atoms with Crippen LogP contribution in [0, 0.1) is 0 Å². The minimum Gasteiger partial charge on any atom is -0.309 e. The molecule has 0 saturated carbocycles. The average molecular weight is 485 g/mol.